The fourth-order valence-electron chi connectivity index (χ4n) is 1.94. The molecule has 0 saturated heterocycles. The zero-order valence-electron chi connectivity index (χ0n) is 11.4. The van der Waals surface area contributed by atoms with Gasteiger partial charge < -0.3 is 0 Å². The van der Waals surface area contributed by atoms with Crippen molar-refractivity contribution in [3.63, 3.8) is 0 Å². The minimum absolute atomic E-state index is 0.108. The van der Waals surface area contributed by atoms with Crippen LogP contribution in [0.5, 0.6) is 0 Å². The third-order valence-electron chi connectivity index (χ3n) is 2.94. The molecule has 22 heavy (non-hydrogen) atoms. The van der Waals surface area contributed by atoms with Crippen molar-refractivity contribution in [2.45, 2.75) is 16.7 Å². The van der Waals surface area contributed by atoms with E-state index in [-0.39, 0.29) is 5.56 Å². The maximum atomic E-state index is 12.5. The Morgan fingerprint density at radius 1 is 1.50 bits per heavy atom. The average Bonchev–Trinajstić information content (AvgIpc) is 3.00. The van der Waals surface area contributed by atoms with Gasteiger partial charge in [0.05, 0.1) is 10.9 Å². The molecule has 0 bridgehead atoms. The number of rotatable bonds is 4. The molecule has 0 spiro atoms. The number of hydrogen-bond donors (Lipinski definition) is 0. The molecule has 0 amide bonds. The molecule has 7 heteroatoms. The minimum atomic E-state index is -0.108. The molecule has 108 valence electrons. The third-order valence-corrected chi connectivity index (χ3v) is 4.76. The topological polar surface area (TPSA) is 71.6 Å². The van der Waals surface area contributed by atoms with E-state index in [1.165, 1.54) is 23.1 Å². The van der Waals surface area contributed by atoms with E-state index in [9.17, 15) is 4.79 Å². The summed E-state index contributed by atoms with van der Waals surface area (Å²) in [7, 11) is 0. The van der Waals surface area contributed by atoms with Gasteiger partial charge in [0.1, 0.15) is 15.9 Å². The lowest BCUT2D eigenvalue weighted by atomic mass is 10.3. The van der Waals surface area contributed by atoms with Crippen LogP contribution < -0.4 is 5.56 Å². The van der Waals surface area contributed by atoms with E-state index in [1.807, 2.05) is 5.38 Å². The fourth-order valence-corrected chi connectivity index (χ4v) is 3.67. The van der Waals surface area contributed by atoms with Crippen LogP contribution in [-0.4, -0.2) is 14.5 Å². The Morgan fingerprint density at radius 2 is 2.36 bits per heavy atom. The van der Waals surface area contributed by atoms with Gasteiger partial charge in [-0.2, -0.15) is 5.26 Å². The van der Waals surface area contributed by atoms with E-state index >= 15 is 0 Å². The average molecular weight is 326 g/mol. The van der Waals surface area contributed by atoms with E-state index in [1.54, 1.807) is 35.0 Å². The first kappa shape index (κ1) is 14.5. The number of aromatic nitrogens is 3. The summed E-state index contributed by atoms with van der Waals surface area (Å²) in [6.07, 6.45) is 3.26. The highest BCUT2D eigenvalue weighted by atomic mass is 32.2. The number of thiophene rings is 1. The number of hydrogen-bond acceptors (Lipinski definition) is 6. The van der Waals surface area contributed by atoms with E-state index in [4.69, 9.17) is 5.26 Å². The van der Waals surface area contributed by atoms with Gasteiger partial charge in [-0.25, -0.2) is 9.97 Å². The highest BCUT2D eigenvalue weighted by Gasteiger charge is 2.14. The quantitative estimate of drug-likeness (QED) is 0.544. The van der Waals surface area contributed by atoms with Gasteiger partial charge in [0.15, 0.2) is 5.16 Å². The van der Waals surface area contributed by atoms with Crippen LogP contribution in [0.2, 0.25) is 0 Å². The summed E-state index contributed by atoms with van der Waals surface area (Å²) >= 11 is 2.63. The summed E-state index contributed by atoms with van der Waals surface area (Å²) in [4.78, 5) is 21.9. The summed E-state index contributed by atoms with van der Waals surface area (Å²) < 4.78 is 1.54. The second kappa shape index (κ2) is 6.13. The van der Waals surface area contributed by atoms with Crippen LogP contribution >= 0.6 is 23.1 Å². The molecule has 0 aliphatic rings. The first-order valence-electron chi connectivity index (χ1n) is 6.36. The standard InChI is InChI=1S/C15H10N4OS2/c1-2-7-19-14(20)11-5-8-21-13(11)18-15(19)22-12-10(9-16)4-3-6-17-12/h2-6,8H,1,7H2. The van der Waals surface area contributed by atoms with Crippen LogP contribution in [0.25, 0.3) is 10.2 Å². The molecule has 3 rings (SSSR count). The fraction of sp³-hybridized carbons (Fsp3) is 0.0667. The Bertz CT molecular complexity index is 952. The van der Waals surface area contributed by atoms with Gasteiger partial charge >= 0.3 is 0 Å². The van der Waals surface area contributed by atoms with Crippen LogP contribution in [0.4, 0.5) is 0 Å². The largest absolute Gasteiger partial charge is 0.283 e. The van der Waals surface area contributed by atoms with Crippen molar-refractivity contribution < 1.29 is 0 Å². The van der Waals surface area contributed by atoms with Gasteiger partial charge in [-0.15, -0.1) is 17.9 Å². The molecule has 0 aliphatic heterocycles. The van der Waals surface area contributed by atoms with Gasteiger partial charge in [-0.3, -0.25) is 9.36 Å². The zero-order valence-corrected chi connectivity index (χ0v) is 13.0. The molecule has 3 heterocycles. The summed E-state index contributed by atoms with van der Waals surface area (Å²) in [5.41, 5.74) is 0.348. The first-order chi connectivity index (χ1) is 10.7. The van der Waals surface area contributed by atoms with E-state index in [0.29, 0.717) is 32.5 Å². The van der Waals surface area contributed by atoms with Gasteiger partial charge in [0.25, 0.3) is 5.56 Å². The van der Waals surface area contributed by atoms with Gasteiger partial charge in [0, 0.05) is 12.7 Å². The van der Waals surface area contributed by atoms with Crippen molar-refractivity contribution in [3.8, 4) is 6.07 Å². The van der Waals surface area contributed by atoms with Crippen LogP contribution in [0, 0.1) is 11.3 Å². The summed E-state index contributed by atoms with van der Waals surface area (Å²) in [5.74, 6) is 0. The Kier molecular flexibility index (Phi) is 4.04. The molecule has 0 N–H and O–H groups in total. The predicted molar refractivity (Wildman–Crippen MR) is 87.2 cm³/mol. The number of nitriles is 1. The lowest BCUT2D eigenvalue weighted by Gasteiger charge is -2.09. The summed E-state index contributed by atoms with van der Waals surface area (Å²) in [6, 6.07) is 7.26. The number of allylic oxidation sites excluding steroid dienone is 1. The number of fused-ring (bicyclic) bond motifs is 1. The molecule has 0 radical (unpaired) electrons. The van der Waals surface area contributed by atoms with Gasteiger partial charge in [0.2, 0.25) is 0 Å². The molecular weight excluding hydrogens is 316 g/mol. The van der Waals surface area contributed by atoms with Crippen molar-refractivity contribution in [3.05, 3.63) is 58.3 Å². The van der Waals surface area contributed by atoms with Crippen LogP contribution in [0.15, 0.2) is 57.4 Å². The van der Waals surface area contributed by atoms with Crippen LogP contribution in [-0.2, 0) is 6.54 Å². The van der Waals surface area contributed by atoms with Gasteiger partial charge in [-0.1, -0.05) is 6.08 Å². The second-order valence-corrected chi connectivity index (χ2v) is 6.16. The van der Waals surface area contributed by atoms with Crippen LogP contribution in [0.1, 0.15) is 5.56 Å². The third kappa shape index (κ3) is 2.54. The van der Waals surface area contributed by atoms with E-state index < -0.39 is 0 Å². The SMILES string of the molecule is C=CCn1c(Sc2ncccc2C#N)nc2sccc2c1=O. The summed E-state index contributed by atoms with van der Waals surface area (Å²) in [5, 5.41) is 12.6. The van der Waals surface area contributed by atoms with Crippen molar-refractivity contribution >= 4 is 33.3 Å². The molecule has 3 aromatic rings. The normalized spacial score (nSPS) is 10.5. The number of nitrogens with zero attached hydrogens (tertiary/aromatic N) is 4. The van der Waals surface area contributed by atoms with E-state index in [2.05, 4.69) is 22.6 Å². The monoisotopic (exact) mass is 326 g/mol. The first-order valence-corrected chi connectivity index (χ1v) is 8.06. The summed E-state index contributed by atoms with van der Waals surface area (Å²) in [6.45, 7) is 4.04. The number of pyridine rings is 1. The van der Waals surface area contributed by atoms with Crippen molar-refractivity contribution in [1.29, 1.82) is 5.26 Å². The van der Waals surface area contributed by atoms with Crippen molar-refractivity contribution in [1.82, 2.24) is 14.5 Å². The molecule has 0 fully saturated rings. The molecule has 0 aromatic carbocycles. The van der Waals surface area contributed by atoms with Gasteiger partial charge in [-0.05, 0) is 35.3 Å². The van der Waals surface area contributed by atoms with Crippen molar-refractivity contribution in [2.75, 3.05) is 0 Å². The highest BCUT2D eigenvalue weighted by Crippen LogP contribution is 2.28. The Morgan fingerprint density at radius 3 is 3.14 bits per heavy atom. The van der Waals surface area contributed by atoms with Crippen LogP contribution in [0.3, 0.4) is 0 Å². The predicted octanol–water partition coefficient (Wildman–Crippen LogP) is 3.06. The maximum absolute atomic E-state index is 12.5. The Hall–Kier alpha value is -2.43. The Balaban J connectivity index is 2.17. The minimum Gasteiger partial charge on any atom is -0.283 e. The lowest BCUT2D eigenvalue weighted by molar-refractivity contribution is 0.672. The second-order valence-electron chi connectivity index (χ2n) is 4.31. The molecule has 0 saturated carbocycles. The lowest BCUT2D eigenvalue weighted by Crippen LogP contribution is -2.22. The Labute approximate surface area is 134 Å². The van der Waals surface area contributed by atoms with E-state index in [0.717, 1.165) is 0 Å². The molecule has 0 unspecified atom stereocenters. The highest BCUT2D eigenvalue weighted by molar-refractivity contribution is 7.99. The molecule has 3 aromatic heterocycles. The smallest absolute Gasteiger partial charge is 0.263 e. The molecule has 0 aliphatic carbocycles. The molecule has 5 nitrogen and oxygen atoms in total. The molecular formula is C15H10N4OS2. The zero-order chi connectivity index (χ0) is 15.5. The molecule has 0 atom stereocenters. The maximum Gasteiger partial charge on any atom is 0.263 e. The van der Waals surface area contributed by atoms with Crippen molar-refractivity contribution in [2.24, 2.45) is 0 Å².